The maximum Gasteiger partial charge on any atom is 0.431 e. The Morgan fingerprint density at radius 1 is 1.22 bits per heavy atom. The Balaban J connectivity index is 4.08. The van der Waals surface area contributed by atoms with Gasteiger partial charge in [0.15, 0.2) is 0 Å². The lowest BCUT2D eigenvalue weighted by Gasteiger charge is -2.21. The van der Waals surface area contributed by atoms with Crippen molar-refractivity contribution in [1.82, 2.24) is 5.48 Å². The third-order valence-corrected chi connectivity index (χ3v) is 2.13. The zero-order chi connectivity index (χ0) is 14.3. The molecule has 106 valence electrons. The molecule has 0 bridgehead atoms. The second-order valence-corrected chi connectivity index (χ2v) is 5.29. The zero-order valence-corrected chi connectivity index (χ0v) is 11.9. The van der Waals surface area contributed by atoms with Crippen LogP contribution < -0.4 is 5.48 Å². The van der Waals surface area contributed by atoms with Gasteiger partial charge in [-0.1, -0.05) is 13.8 Å². The molecule has 0 radical (unpaired) electrons. The first kappa shape index (κ1) is 16.7. The average molecular weight is 261 g/mol. The summed E-state index contributed by atoms with van der Waals surface area (Å²) in [5, 5.41) is 0. The van der Waals surface area contributed by atoms with Crippen molar-refractivity contribution in [2.24, 2.45) is 11.8 Å². The lowest BCUT2D eigenvalue weighted by molar-refractivity contribution is -0.150. The minimum atomic E-state index is -0.685. The highest BCUT2D eigenvalue weighted by molar-refractivity contribution is 5.72. The summed E-state index contributed by atoms with van der Waals surface area (Å²) < 4.78 is 9.62. The van der Waals surface area contributed by atoms with Gasteiger partial charge >= 0.3 is 12.1 Å². The second kappa shape index (κ2) is 7.20. The largest absolute Gasteiger partial charge is 0.469 e. The topological polar surface area (TPSA) is 73.9 Å². The van der Waals surface area contributed by atoms with Gasteiger partial charge in [-0.3, -0.25) is 9.63 Å². The molecule has 0 spiro atoms. The Labute approximate surface area is 108 Å². The fourth-order valence-electron chi connectivity index (χ4n) is 1.17. The first-order valence-corrected chi connectivity index (χ1v) is 5.86. The first-order chi connectivity index (χ1) is 8.17. The summed E-state index contributed by atoms with van der Waals surface area (Å²) in [5.41, 5.74) is 1.54. The molecule has 0 rings (SSSR count). The first-order valence-electron chi connectivity index (χ1n) is 5.86. The Kier molecular flexibility index (Phi) is 6.68. The van der Waals surface area contributed by atoms with E-state index in [-0.39, 0.29) is 18.5 Å². The molecule has 0 saturated heterocycles. The Bertz CT molecular complexity index is 283. The summed E-state index contributed by atoms with van der Waals surface area (Å²) in [6, 6.07) is 0. The Morgan fingerprint density at radius 3 is 2.17 bits per heavy atom. The summed E-state index contributed by atoms with van der Waals surface area (Å²) in [5.74, 6) is -0.737. The molecule has 0 aliphatic carbocycles. The van der Waals surface area contributed by atoms with Crippen LogP contribution in [0.5, 0.6) is 0 Å². The number of carbonyl (C=O) groups is 2. The number of rotatable bonds is 5. The fraction of sp³-hybridized carbons (Fsp3) is 0.833. The van der Waals surface area contributed by atoms with Gasteiger partial charge in [0.2, 0.25) is 0 Å². The summed E-state index contributed by atoms with van der Waals surface area (Å²) in [6.45, 7) is 9.04. The highest BCUT2D eigenvalue weighted by atomic mass is 16.7. The quantitative estimate of drug-likeness (QED) is 0.604. The summed E-state index contributed by atoms with van der Waals surface area (Å²) in [4.78, 5) is 27.6. The molecule has 0 saturated carbocycles. The zero-order valence-electron chi connectivity index (χ0n) is 11.9. The third-order valence-electron chi connectivity index (χ3n) is 2.13. The van der Waals surface area contributed by atoms with Crippen LogP contribution in [0.3, 0.4) is 0 Å². The van der Waals surface area contributed by atoms with Gasteiger partial charge in [-0.2, -0.15) is 5.48 Å². The maximum absolute atomic E-state index is 11.4. The molecule has 0 aliphatic rings. The number of amides is 1. The number of methoxy groups -OCH3 is 1. The smallest absolute Gasteiger partial charge is 0.431 e. The molecule has 1 N–H and O–H groups in total. The second-order valence-electron chi connectivity index (χ2n) is 5.29. The molecular formula is C12H23NO5. The number of nitrogens with one attached hydrogen (secondary N) is 1. The number of esters is 1. The molecule has 0 aliphatic heterocycles. The van der Waals surface area contributed by atoms with Crippen LogP contribution in [0.4, 0.5) is 4.79 Å². The van der Waals surface area contributed by atoms with Gasteiger partial charge in [-0.05, 0) is 26.7 Å². The van der Waals surface area contributed by atoms with E-state index in [1.165, 1.54) is 7.11 Å². The van der Waals surface area contributed by atoms with Crippen molar-refractivity contribution in [3.05, 3.63) is 0 Å². The number of carbonyl (C=O) groups excluding carboxylic acids is 2. The van der Waals surface area contributed by atoms with E-state index in [0.29, 0.717) is 0 Å². The standard InChI is InChI=1S/C12H23NO5/c1-8(2)9(10(14)16-6)7-17-13-11(15)18-12(3,4)5/h8-9H,7H2,1-6H3,(H,13,15). The number of hydrogen-bond acceptors (Lipinski definition) is 5. The molecule has 0 aromatic heterocycles. The van der Waals surface area contributed by atoms with Crippen LogP contribution in [0.1, 0.15) is 34.6 Å². The minimum absolute atomic E-state index is 0.0452. The minimum Gasteiger partial charge on any atom is -0.469 e. The van der Waals surface area contributed by atoms with Gasteiger partial charge in [-0.15, -0.1) is 0 Å². The maximum atomic E-state index is 11.4. The molecule has 6 nitrogen and oxygen atoms in total. The van der Waals surface area contributed by atoms with Gasteiger partial charge in [0, 0.05) is 0 Å². The van der Waals surface area contributed by atoms with E-state index in [0.717, 1.165) is 0 Å². The monoisotopic (exact) mass is 261 g/mol. The molecular weight excluding hydrogens is 238 g/mol. The predicted molar refractivity (Wildman–Crippen MR) is 65.7 cm³/mol. The fourth-order valence-corrected chi connectivity index (χ4v) is 1.17. The van der Waals surface area contributed by atoms with Gasteiger partial charge in [0.1, 0.15) is 5.60 Å². The van der Waals surface area contributed by atoms with Gasteiger partial charge in [0.25, 0.3) is 0 Å². The van der Waals surface area contributed by atoms with E-state index in [2.05, 4.69) is 10.2 Å². The molecule has 0 aromatic rings. The van der Waals surface area contributed by atoms with E-state index in [1.54, 1.807) is 20.8 Å². The van der Waals surface area contributed by atoms with Crippen LogP contribution >= 0.6 is 0 Å². The lowest BCUT2D eigenvalue weighted by atomic mass is 9.97. The van der Waals surface area contributed by atoms with Crippen molar-refractivity contribution in [3.63, 3.8) is 0 Å². The molecule has 1 amide bonds. The summed E-state index contributed by atoms with van der Waals surface area (Å²) in [6.07, 6.45) is -0.685. The van der Waals surface area contributed by atoms with Crippen LogP contribution in [0.25, 0.3) is 0 Å². The Hall–Kier alpha value is -1.30. The molecule has 0 fully saturated rings. The van der Waals surface area contributed by atoms with Gasteiger partial charge in [-0.25, -0.2) is 4.79 Å². The van der Waals surface area contributed by atoms with E-state index in [1.807, 2.05) is 13.8 Å². The molecule has 1 unspecified atom stereocenters. The van der Waals surface area contributed by atoms with Crippen LogP contribution in [0.15, 0.2) is 0 Å². The van der Waals surface area contributed by atoms with Crippen molar-refractivity contribution >= 4 is 12.1 Å². The van der Waals surface area contributed by atoms with Gasteiger partial charge in [0.05, 0.1) is 19.6 Å². The van der Waals surface area contributed by atoms with Crippen molar-refractivity contribution < 1.29 is 23.9 Å². The van der Waals surface area contributed by atoms with E-state index in [9.17, 15) is 9.59 Å². The number of ether oxygens (including phenoxy) is 2. The van der Waals surface area contributed by atoms with Crippen molar-refractivity contribution in [3.8, 4) is 0 Å². The number of hydrogen-bond donors (Lipinski definition) is 1. The molecule has 18 heavy (non-hydrogen) atoms. The average Bonchev–Trinajstić information content (AvgIpc) is 2.20. The molecule has 0 heterocycles. The van der Waals surface area contributed by atoms with Gasteiger partial charge < -0.3 is 9.47 Å². The van der Waals surface area contributed by atoms with Crippen LogP contribution in [-0.2, 0) is 19.1 Å². The van der Waals surface area contributed by atoms with E-state index >= 15 is 0 Å². The molecule has 0 aromatic carbocycles. The third kappa shape index (κ3) is 7.11. The highest BCUT2D eigenvalue weighted by Gasteiger charge is 2.24. The van der Waals surface area contributed by atoms with E-state index in [4.69, 9.17) is 9.57 Å². The number of hydroxylamine groups is 1. The SMILES string of the molecule is COC(=O)C(CONC(=O)OC(C)(C)C)C(C)C. The van der Waals surface area contributed by atoms with E-state index < -0.39 is 17.6 Å². The summed E-state index contributed by atoms with van der Waals surface area (Å²) >= 11 is 0. The predicted octanol–water partition coefficient (Wildman–Crippen LogP) is 1.89. The Morgan fingerprint density at radius 2 is 1.78 bits per heavy atom. The van der Waals surface area contributed by atoms with Crippen LogP contribution in [-0.4, -0.2) is 31.4 Å². The lowest BCUT2D eigenvalue weighted by Crippen LogP contribution is -2.35. The summed E-state index contributed by atoms with van der Waals surface area (Å²) in [7, 11) is 1.32. The highest BCUT2D eigenvalue weighted by Crippen LogP contribution is 2.12. The van der Waals surface area contributed by atoms with Crippen molar-refractivity contribution in [2.45, 2.75) is 40.2 Å². The van der Waals surface area contributed by atoms with Crippen LogP contribution in [0, 0.1) is 11.8 Å². The molecule has 6 heteroatoms. The van der Waals surface area contributed by atoms with Crippen molar-refractivity contribution in [2.75, 3.05) is 13.7 Å². The normalized spacial score (nSPS) is 13.1. The van der Waals surface area contributed by atoms with Crippen molar-refractivity contribution in [1.29, 1.82) is 0 Å². The van der Waals surface area contributed by atoms with Crippen LogP contribution in [0.2, 0.25) is 0 Å². The molecule has 1 atom stereocenters.